The predicted octanol–water partition coefficient (Wildman–Crippen LogP) is 3.33. The molecule has 0 aromatic heterocycles. The molecule has 44 heavy (non-hydrogen) atoms. The highest BCUT2D eigenvalue weighted by molar-refractivity contribution is 6.13. The number of carbonyl (C=O) groups excluding carboxylic acids is 6. The first-order valence-electron chi connectivity index (χ1n) is 15.8. The van der Waals surface area contributed by atoms with Gasteiger partial charge in [-0.1, -0.05) is 26.0 Å². The monoisotopic (exact) mass is 609 g/mol. The lowest BCUT2D eigenvalue weighted by Crippen LogP contribution is -2.34. The van der Waals surface area contributed by atoms with E-state index >= 15 is 0 Å². The predicted molar refractivity (Wildman–Crippen MR) is 165 cm³/mol. The summed E-state index contributed by atoms with van der Waals surface area (Å²) >= 11 is 0. The molecular weight excluding hydrogens is 562 g/mol. The van der Waals surface area contributed by atoms with Crippen molar-refractivity contribution in [1.29, 1.82) is 5.26 Å². The number of unbranched alkanes of at least 4 members (excludes halogenated alkanes) is 1. The molecule has 6 amide bonds. The number of nitrogens with one attached hydrogen (secondary N) is 2. The van der Waals surface area contributed by atoms with Crippen LogP contribution in [0.4, 0.5) is 0 Å². The minimum absolute atomic E-state index is 0.00472. The Balaban J connectivity index is 1.43. The maximum Gasteiger partial charge on any atom is 0.253 e. The Morgan fingerprint density at radius 1 is 0.705 bits per heavy atom. The Hall–Kier alpha value is -4.07. The van der Waals surface area contributed by atoms with Crippen LogP contribution in [-0.4, -0.2) is 71.4 Å². The molecule has 0 radical (unpaired) electrons. The topological polar surface area (TPSA) is 157 Å². The van der Waals surface area contributed by atoms with Crippen LogP contribution in [0.25, 0.3) is 0 Å². The summed E-state index contributed by atoms with van der Waals surface area (Å²) in [6.45, 7) is 5.81. The number of amides is 6. The SMILES string of the molecule is CC(CCCNC(=O)CCCC=CCCC(C#N)CCC(=O)NCCCC(C)CN1C(=O)C=CC1=O)CN1C(=O)C=CC1=O. The average Bonchev–Trinajstić information content (AvgIpc) is 3.48. The molecule has 2 aliphatic rings. The third kappa shape index (κ3) is 13.9. The molecule has 0 aliphatic carbocycles. The Morgan fingerprint density at radius 2 is 1.16 bits per heavy atom. The number of rotatable bonds is 22. The zero-order valence-electron chi connectivity index (χ0n) is 26.1. The number of hydrogen-bond donors (Lipinski definition) is 2. The van der Waals surface area contributed by atoms with Crippen LogP contribution in [0, 0.1) is 29.1 Å². The van der Waals surface area contributed by atoms with Crippen LogP contribution >= 0.6 is 0 Å². The maximum absolute atomic E-state index is 12.2. The molecule has 0 fully saturated rings. The van der Waals surface area contributed by atoms with Gasteiger partial charge in [0.2, 0.25) is 11.8 Å². The average molecular weight is 610 g/mol. The van der Waals surface area contributed by atoms with Crippen LogP contribution in [0.15, 0.2) is 36.5 Å². The van der Waals surface area contributed by atoms with E-state index in [1.54, 1.807) is 0 Å². The van der Waals surface area contributed by atoms with Crippen molar-refractivity contribution in [2.45, 2.75) is 84.5 Å². The van der Waals surface area contributed by atoms with Gasteiger partial charge in [0.25, 0.3) is 23.6 Å². The second-order valence-electron chi connectivity index (χ2n) is 11.7. The zero-order chi connectivity index (χ0) is 32.3. The first-order chi connectivity index (χ1) is 21.1. The quantitative estimate of drug-likeness (QED) is 0.108. The first kappa shape index (κ1) is 36.1. The molecule has 240 valence electrons. The summed E-state index contributed by atoms with van der Waals surface area (Å²) in [7, 11) is 0. The first-order valence-corrected chi connectivity index (χ1v) is 15.8. The van der Waals surface area contributed by atoms with Crippen molar-refractivity contribution in [3.8, 4) is 6.07 Å². The van der Waals surface area contributed by atoms with Gasteiger partial charge >= 0.3 is 0 Å². The van der Waals surface area contributed by atoms with Gasteiger partial charge in [-0.15, -0.1) is 0 Å². The van der Waals surface area contributed by atoms with E-state index in [1.165, 1.54) is 34.1 Å². The lowest BCUT2D eigenvalue weighted by Gasteiger charge is -2.19. The van der Waals surface area contributed by atoms with Gasteiger partial charge in [0.05, 0.1) is 6.07 Å². The molecule has 3 atom stereocenters. The van der Waals surface area contributed by atoms with Crippen molar-refractivity contribution < 1.29 is 28.8 Å². The number of hydrogen-bond acceptors (Lipinski definition) is 7. The van der Waals surface area contributed by atoms with Crippen molar-refractivity contribution in [3.63, 3.8) is 0 Å². The van der Waals surface area contributed by atoms with Crippen LogP contribution in [0.3, 0.4) is 0 Å². The largest absolute Gasteiger partial charge is 0.356 e. The van der Waals surface area contributed by atoms with Gasteiger partial charge in [-0.3, -0.25) is 38.6 Å². The molecule has 0 aromatic carbocycles. The van der Waals surface area contributed by atoms with Gasteiger partial charge in [-0.25, -0.2) is 0 Å². The van der Waals surface area contributed by atoms with E-state index in [0.29, 0.717) is 51.9 Å². The summed E-state index contributed by atoms with van der Waals surface area (Å²) in [5, 5.41) is 15.2. The maximum atomic E-state index is 12.2. The molecule has 2 heterocycles. The number of imide groups is 2. The van der Waals surface area contributed by atoms with Crippen molar-refractivity contribution in [2.75, 3.05) is 26.2 Å². The summed E-state index contributed by atoms with van der Waals surface area (Å²) in [4.78, 5) is 73.3. The Kier molecular flexibility index (Phi) is 16.4. The molecule has 3 unspecified atom stereocenters. The van der Waals surface area contributed by atoms with Crippen molar-refractivity contribution >= 4 is 35.4 Å². The van der Waals surface area contributed by atoms with Crippen LogP contribution in [0.1, 0.15) is 84.5 Å². The van der Waals surface area contributed by atoms with Gasteiger partial charge in [-0.05, 0) is 69.6 Å². The molecule has 0 aromatic rings. The number of nitrogens with zero attached hydrogens (tertiary/aromatic N) is 3. The van der Waals surface area contributed by atoms with E-state index in [1.807, 2.05) is 26.0 Å². The van der Waals surface area contributed by atoms with Crippen molar-refractivity contribution in [1.82, 2.24) is 20.4 Å². The molecule has 2 N–H and O–H groups in total. The highest BCUT2D eigenvalue weighted by atomic mass is 16.2. The van der Waals surface area contributed by atoms with Crippen LogP contribution < -0.4 is 10.6 Å². The van der Waals surface area contributed by atoms with Crippen LogP contribution in [0.2, 0.25) is 0 Å². The van der Waals surface area contributed by atoms with Crippen LogP contribution in [-0.2, 0) is 28.8 Å². The fourth-order valence-electron chi connectivity index (χ4n) is 5.05. The third-order valence-corrected chi connectivity index (χ3v) is 7.71. The fourth-order valence-corrected chi connectivity index (χ4v) is 5.05. The second kappa shape index (κ2) is 20.0. The molecule has 0 saturated heterocycles. The van der Waals surface area contributed by atoms with E-state index in [9.17, 15) is 34.0 Å². The molecule has 2 rings (SSSR count). The minimum Gasteiger partial charge on any atom is -0.356 e. The zero-order valence-corrected chi connectivity index (χ0v) is 26.1. The minimum atomic E-state index is -0.277. The summed E-state index contributed by atoms with van der Waals surface area (Å²) in [6, 6.07) is 2.28. The highest BCUT2D eigenvalue weighted by Crippen LogP contribution is 2.15. The van der Waals surface area contributed by atoms with Gasteiger partial charge in [0, 0.05) is 69.2 Å². The third-order valence-electron chi connectivity index (χ3n) is 7.71. The fraction of sp³-hybridized carbons (Fsp3) is 0.606. The van der Waals surface area contributed by atoms with E-state index in [0.717, 1.165) is 44.9 Å². The molecular formula is C33H47N5O6. The molecule has 11 heteroatoms. The molecule has 2 aliphatic heterocycles. The van der Waals surface area contributed by atoms with Gasteiger partial charge in [0.1, 0.15) is 0 Å². The van der Waals surface area contributed by atoms with Crippen molar-refractivity contribution in [3.05, 3.63) is 36.5 Å². The smallest absolute Gasteiger partial charge is 0.253 e. The summed E-state index contributed by atoms with van der Waals surface area (Å²) in [5.74, 6) is -1.05. The molecule has 11 nitrogen and oxygen atoms in total. The lowest BCUT2D eigenvalue weighted by molar-refractivity contribution is -0.139. The van der Waals surface area contributed by atoms with E-state index < -0.39 is 0 Å². The number of allylic oxidation sites excluding steroid dienone is 2. The highest BCUT2D eigenvalue weighted by Gasteiger charge is 2.25. The number of nitriles is 1. The van der Waals surface area contributed by atoms with Gasteiger partial charge in [-0.2, -0.15) is 5.26 Å². The lowest BCUT2D eigenvalue weighted by atomic mass is 9.98. The van der Waals surface area contributed by atoms with Crippen LogP contribution in [0.5, 0.6) is 0 Å². The van der Waals surface area contributed by atoms with Gasteiger partial charge in [0.15, 0.2) is 0 Å². The normalized spacial score (nSPS) is 16.6. The molecule has 0 spiro atoms. The van der Waals surface area contributed by atoms with E-state index in [-0.39, 0.29) is 53.2 Å². The Bertz CT molecular complexity index is 1120. The Morgan fingerprint density at radius 3 is 1.64 bits per heavy atom. The van der Waals surface area contributed by atoms with E-state index in [4.69, 9.17) is 0 Å². The summed E-state index contributed by atoms with van der Waals surface area (Å²) in [6.07, 6.45) is 16.5. The van der Waals surface area contributed by atoms with E-state index in [2.05, 4.69) is 16.7 Å². The standard InChI is InChI=1S/C33H47N5O6/c1-25(23-37-30(41)16-17-31(37)42)10-8-20-35-28(39)13-7-5-3-4-6-12-27(22-34)14-15-29(40)36-21-9-11-26(2)24-38-32(43)18-19-33(38)44/h3-4,16-19,25-27H,5-15,20-21,23-24H2,1-2H3,(H,35,39)(H,36,40). The summed E-state index contributed by atoms with van der Waals surface area (Å²) in [5.41, 5.74) is 0. The molecule has 0 bridgehead atoms. The van der Waals surface area contributed by atoms with Crippen molar-refractivity contribution in [2.24, 2.45) is 17.8 Å². The number of carbonyl (C=O) groups is 6. The Labute approximate surface area is 260 Å². The molecule has 0 saturated carbocycles. The second-order valence-corrected chi connectivity index (χ2v) is 11.7. The van der Waals surface area contributed by atoms with Gasteiger partial charge < -0.3 is 10.6 Å². The summed E-state index contributed by atoms with van der Waals surface area (Å²) < 4.78 is 0.